The summed E-state index contributed by atoms with van der Waals surface area (Å²) in [5.74, 6) is -1.42. The highest BCUT2D eigenvalue weighted by Crippen LogP contribution is 2.30. The van der Waals surface area contributed by atoms with Crippen LogP contribution in [0.5, 0.6) is 0 Å². The van der Waals surface area contributed by atoms with Crippen LogP contribution in [-0.4, -0.2) is 90.8 Å². The van der Waals surface area contributed by atoms with E-state index in [0.717, 1.165) is 67.4 Å². The molecule has 4 N–H and O–H groups in total. The van der Waals surface area contributed by atoms with Crippen molar-refractivity contribution in [2.45, 2.75) is 95.4 Å². The molecule has 0 spiro atoms. The standard InChI is InChI=1S/C38H52ClN7O4S/c1-5-33(47)40-30(21-34-41-28-18-17-26(39)20-32(28)51-34)37(49)44-35(24-12-6-7-13-24)38(50)42-29(16-10-11-19-45(2)3)36(48)43-31-23-46(4)22-25-14-8-9-15-27(25)31/h8-9,14-15,17-18,20,24,29-31,35H,5-7,10-13,16,19,21-23H2,1-4H3,(H,40,47)(H,42,50)(H,43,48)(H,44,49)/t29-,30-,31+,35-/m0/s1. The Bertz CT molecular complexity index is 1680. The SMILES string of the molecule is CCC(=O)N[C@@H](Cc1nc2ccc(Cl)cc2s1)C(=O)N[C@H](C(=O)N[C@@H](CCCCN(C)C)C(=O)N[C@@H]1CN(C)Cc2ccccc21)C1CCCC1. The fourth-order valence-electron chi connectivity index (χ4n) is 7.14. The molecule has 4 amide bonds. The number of benzene rings is 2. The van der Waals surface area contributed by atoms with E-state index in [4.69, 9.17) is 11.6 Å². The first-order valence-electron chi connectivity index (χ1n) is 18.2. The molecule has 1 saturated carbocycles. The molecule has 0 bridgehead atoms. The van der Waals surface area contributed by atoms with Gasteiger partial charge in [-0.05, 0) is 95.0 Å². The maximum Gasteiger partial charge on any atom is 0.243 e. The number of unbranched alkanes of at least 4 members (excludes halogenated alkanes) is 1. The summed E-state index contributed by atoms with van der Waals surface area (Å²) in [6.07, 6.45) is 5.95. The monoisotopic (exact) mass is 737 g/mol. The number of amides is 4. The number of thiazole rings is 1. The molecule has 2 aliphatic rings. The second kappa shape index (κ2) is 18.3. The lowest BCUT2D eigenvalue weighted by molar-refractivity contribution is -0.135. The number of likely N-dealkylation sites (N-methyl/N-ethyl adjacent to an activating group) is 1. The Morgan fingerprint density at radius 2 is 1.75 bits per heavy atom. The fraction of sp³-hybridized carbons (Fsp3) is 0.553. The second-order valence-electron chi connectivity index (χ2n) is 14.2. The van der Waals surface area contributed by atoms with Crippen LogP contribution in [0.4, 0.5) is 0 Å². The summed E-state index contributed by atoms with van der Waals surface area (Å²) >= 11 is 7.61. The van der Waals surface area contributed by atoms with Crippen molar-refractivity contribution in [2.75, 3.05) is 34.2 Å². The van der Waals surface area contributed by atoms with Crippen molar-refractivity contribution in [1.82, 2.24) is 36.1 Å². The third-order valence-electron chi connectivity index (χ3n) is 9.86. The van der Waals surface area contributed by atoms with Crippen LogP contribution in [0.15, 0.2) is 42.5 Å². The topological polar surface area (TPSA) is 136 Å². The number of hydrogen-bond donors (Lipinski definition) is 4. The molecule has 3 aromatic rings. The number of fused-ring (bicyclic) bond motifs is 2. The number of nitrogens with one attached hydrogen (secondary N) is 4. The average Bonchev–Trinajstić information content (AvgIpc) is 3.77. The zero-order valence-electron chi connectivity index (χ0n) is 30.2. The first kappa shape index (κ1) is 38.6. The molecule has 276 valence electrons. The molecule has 4 atom stereocenters. The van der Waals surface area contributed by atoms with Crippen molar-refractivity contribution in [2.24, 2.45) is 5.92 Å². The van der Waals surface area contributed by atoms with Gasteiger partial charge in [0.05, 0.1) is 21.3 Å². The summed E-state index contributed by atoms with van der Waals surface area (Å²) in [6.45, 7) is 4.07. The van der Waals surface area contributed by atoms with Gasteiger partial charge >= 0.3 is 0 Å². The molecule has 0 unspecified atom stereocenters. The van der Waals surface area contributed by atoms with Crippen LogP contribution in [0, 0.1) is 5.92 Å². The highest BCUT2D eigenvalue weighted by Gasteiger charge is 2.37. The van der Waals surface area contributed by atoms with Gasteiger partial charge in [0, 0.05) is 31.0 Å². The van der Waals surface area contributed by atoms with Crippen molar-refractivity contribution in [3.63, 3.8) is 0 Å². The number of carbonyl (C=O) groups excluding carboxylic acids is 4. The van der Waals surface area contributed by atoms with Crippen molar-refractivity contribution in [3.05, 3.63) is 63.6 Å². The van der Waals surface area contributed by atoms with E-state index in [9.17, 15) is 19.2 Å². The van der Waals surface area contributed by atoms with Gasteiger partial charge in [0.25, 0.3) is 0 Å². The predicted octanol–water partition coefficient (Wildman–Crippen LogP) is 4.58. The van der Waals surface area contributed by atoms with Crippen molar-refractivity contribution in [3.8, 4) is 0 Å². The average molecular weight is 738 g/mol. The van der Waals surface area contributed by atoms with Crippen molar-refractivity contribution < 1.29 is 19.2 Å². The predicted molar refractivity (Wildman–Crippen MR) is 202 cm³/mol. The highest BCUT2D eigenvalue weighted by molar-refractivity contribution is 7.18. The van der Waals surface area contributed by atoms with Gasteiger partial charge in [-0.1, -0.05) is 55.6 Å². The summed E-state index contributed by atoms with van der Waals surface area (Å²) in [7, 11) is 6.06. The van der Waals surface area contributed by atoms with Crippen LogP contribution < -0.4 is 21.3 Å². The van der Waals surface area contributed by atoms with Crippen LogP contribution in [0.2, 0.25) is 5.02 Å². The van der Waals surface area contributed by atoms with E-state index in [1.807, 2.05) is 45.4 Å². The Morgan fingerprint density at radius 1 is 0.980 bits per heavy atom. The summed E-state index contributed by atoms with van der Waals surface area (Å²) in [5, 5.41) is 13.5. The minimum Gasteiger partial charge on any atom is -0.346 e. The molecule has 0 saturated heterocycles. The van der Waals surface area contributed by atoms with E-state index in [1.54, 1.807) is 13.0 Å². The first-order chi connectivity index (χ1) is 24.5. The summed E-state index contributed by atoms with van der Waals surface area (Å²) in [6, 6.07) is 10.8. The highest BCUT2D eigenvalue weighted by atomic mass is 35.5. The Kier molecular flexibility index (Phi) is 13.8. The van der Waals surface area contributed by atoms with E-state index in [0.29, 0.717) is 23.0 Å². The third kappa shape index (κ3) is 10.7. The quantitative estimate of drug-likeness (QED) is 0.158. The van der Waals surface area contributed by atoms with Crippen molar-refractivity contribution in [1.29, 1.82) is 0 Å². The third-order valence-corrected chi connectivity index (χ3v) is 11.1. The molecule has 2 heterocycles. The minimum absolute atomic E-state index is 0.0857. The van der Waals surface area contributed by atoms with Crippen LogP contribution in [0.3, 0.4) is 0 Å². The Hall–Kier alpha value is -3.58. The second-order valence-corrected chi connectivity index (χ2v) is 15.8. The molecule has 51 heavy (non-hydrogen) atoms. The lowest BCUT2D eigenvalue weighted by atomic mass is 9.94. The molecule has 11 nitrogen and oxygen atoms in total. The number of aromatic nitrogens is 1. The molecular formula is C38H52ClN7O4S. The largest absolute Gasteiger partial charge is 0.346 e. The van der Waals surface area contributed by atoms with Gasteiger partial charge in [-0.15, -0.1) is 11.3 Å². The van der Waals surface area contributed by atoms with E-state index >= 15 is 0 Å². The van der Waals surface area contributed by atoms with Gasteiger partial charge < -0.3 is 26.2 Å². The van der Waals surface area contributed by atoms with Crippen LogP contribution in [0.25, 0.3) is 10.2 Å². The molecule has 1 aliphatic carbocycles. The number of halogens is 1. The molecule has 5 rings (SSSR count). The normalized spacial score (nSPS) is 18.2. The number of carbonyl (C=O) groups is 4. The van der Waals surface area contributed by atoms with E-state index in [2.05, 4.69) is 48.2 Å². The van der Waals surface area contributed by atoms with Crippen LogP contribution in [0.1, 0.15) is 80.5 Å². The fourth-order valence-corrected chi connectivity index (χ4v) is 8.43. The summed E-state index contributed by atoms with van der Waals surface area (Å²) < 4.78 is 0.889. The molecular weight excluding hydrogens is 686 g/mol. The molecule has 13 heteroatoms. The van der Waals surface area contributed by atoms with Crippen LogP contribution in [-0.2, 0) is 32.1 Å². The maximum absolute atomic E-state index is 14.2. The number of rotatable bonds is 16. The number of hydrogen-bond acceptors (Lipinski definition) is 8. The Morgan fingerprint density at radius 3 is 2.49 bits per heavy atom. The molecule has 2 aromatic carbocycles. The Labute approximate surface area is 310 Å². The van der Waals surface area contributed by atoms with E-state index in [1.165, 1.54) is 16.9 Å². The molecule has 1 aromatic heterocycles. The van der Waals surface area contributed by atoms with Gasteiger partial charge in [-0.25, -0.2) is 4.98 Å². The molecule has 1 aliphatic heterocycles. The van der Waals surface area contributed by atoms with Gasteiger partial charge in [0.15, 0.2) is 0 Å². The zero-order chi connectivity index (χ0) is 36.5. The first-order valence-corrected chi connectivity index (χ1v) is 19.4. The van der Waals surface area contributed by atoms with Crippen LogP contribution >= 0.6 is 22.9 Å². The minimum atomic E-state index is -0.932. The maximum atomic E-state index is 14.2. The molecule has 1 fully saturated rings. The lowest BCUT2D eigenvalue weighted by Crippen LogP contribution is -2.59. The van der Waals surface area contributed by atoms with Gasteiger partial charge in [-0.2, -0.15) is 0 Å². The zero-order valence-corrected chi connectivity index (χ0v) is 31.7. The van der Waals surface area contributed by atoms with E-state index < -0.39 is 24.0 Å². The Balaban J connectivity index is 1.34. The van der Waals surface area contributed by atoms with Crippen molar-refractivity contribution >= 4 is 56.8 Å². The summed E-state index contributed by atoms with van der Waals surface area (Å²) in [5.41, 5.74) is 3.03. The van der Waals surface area contributed by atoms with E-state index in [-0.39, 0.29) is 42.5 Å². The smallest absolute Gasteiger partial charge is 0.243 e. The van der Waals surface area contributed by atoms with Gasteiger partial charge in [0.1, 0.15) is 18.1 Å². The lowest BCUT2D eigenvalue weighted by Gasteiger charge is -2.34. The summed E-state index contributed by atoms with van der Waals surface area (Å²) in [4.78, 5) is 63.8. The van der Waals surface area contributed by atoms with Gasteiger partial charge in [0.2, 0.25) is 23.6 Å². The number of nitrogens with zero attached hydrogens (tertiary/aromatic N) is 3. The molecule has 0 radical (unpaired) electrons. The van der Waals surface area contributed by atoms with Gasteiger partial charge in [-0.3, -0.25) is 24.1 Å².